The van der Waals surface area contributed by atoms with Gasteiger partial charge in [-0.1, -0.05) is 13.0 Å². The largest absolute Gasteiger partial charge is 0.486 e. The van der Waals surface area contributed by atoms with E-state index >= 15 is 0 Å². The minimum atomic E-state index is -0.293. The summed E-state index contributed by atoms with van der Waals surface area (Å²) in [6.45, 7) is 4.83. The fourth-order valence-corrected chi connectivity index (χ4v) is 2.11. The number of hydrogen-bond donors (Lipinski definition) is 3. The lowest BCUT2D eigenvalue weighted by atomic mass is 10.1. The molecule has 2 rings (SSSR count). The molecule has 1 aliphatic rings. The van der Waals surface area contributed by atoms with E-state index in [2.05, 4.69) is 10.6 Å². The van der Waals surface area contributed by atoms with Crippen LogP contribution in [0.4, 0.5) is 4.79 Å². The lowest BCUT2D eigenvalue weighted by molar-refractivity contribution is 0.171. The van der Waals surface area contributed by atoms with E-state index < -0.39 is 0 Å². The standard InChI is InChI=1S/C15H22N2O4/c1-3-12(9-18)17-15(19)16-10(2)11-4-5-13-14(8-11)21-7-6-20-13/h4-5,8,10,12,18H,3,6-7,9H2,1-2H3,(H2,16,17,19)/t10-,12-/m1/s1. The van der Waals surface area contributed by atoms with E-state index in [4.69, 9.17) is 14.6 Å². The zero-order chi connectivity index (χ0) is 15.2. The van der Waals surface area contributed by atoms with Crippen LogP contribution in [0.5, 0.6) is 11.5 Å². The van der Waals surface area contributed by atoms with Crippen molar-refractivity contribution < 1.29 is 19.4 Å². The average Bonchev–Trinajstić information content (AvgIpc) is 2.52. The molecular formula is C15H22N2O4. The molecule has 0 unspecified atom stereocenters. The minimum absolute atomic E-state index is 0.0671. The molecule has 2 amide bonds. The Morgan fingerprint density at radius 3 is 2.67 bits per heavy atom. The number of carbonyl (C=O) groups excluding carboxylic acids is 1. The summed E-state index contributed by atoms with van der Waals surface area (Å²) in [5, 5.41) is 14.7. The molecule has 2 atom stereocenters. The Labute approximate surface area is 124 Å². The summed E-state index contributed by atoms with van der Waals surface area (Å²) < 4.78 is 11.0. The third-order valence-corrected chi connectivity index (χ3v) is 3.46. The van der Waals surface area contributed by atoms with Gasteiger partial charge in [-0.25, -0.2) is 4.79 Å². The van der Waals surface area contributed by atoms with Crippen LogP contribution in [0, 0.1) is 0 Å². The van der Waals surface area contributed by atoms with Crippen LogP contribution in [0.3, 0.4) is 0 Å². The van der Waals surface area contributed by atoms with E-state index in [1.807, 2.05) is 32.0 Å². The number of urea groups is 1. The van der Waals surface area contributed by atoms with Crippen LogP contribution in [-0.4, -0.2) is 37.0 Å². The van der Waals surface area contributed by atoms with Gasteiger partial charge in [0, 0.05) is 0 Å². The average molecular weight is 294 g/mol. The summed E-state index contributed by atoms with van der Waals surface area (Å²) >= 11 is 0. The number of nitrogens with one attached hydrogen (secondary N) is 2. The highest BCUT2D eigenvalue weighted by molar-refractivity contribution is 5.74. The molecule has 21 heavy (non-hydrogen) atoms. The van der Waals surface area contributed by atoms with Gasteiger partial charge in [0.2, 0.25) is 0 Å². The first-order chi connectivity index (χ1) is 10.1. The summed E-state index contributed by atoms with van der Waals surface area (Å²) in [7, 11) is 0. The van der Waals surface area contributed by atoms with Crippen molar-refractivity contribution in [2.75, 3.05) is 19.8 Å². The Morgan fingerprint density at radius 2 is 2.00 bits per heavy atom. The molecule has 1 aromatic carbocycles. The fraction of sp³-hybridized carbons (Fsp3) is 0.533. The predicted molar refractivity (Wildman–Crippen MR) is 78.7 cm³/mol. The number of rotatable bonds is 5. The molecule has 0 saturated carbocycles. The van der Waals surface area contributed by atoms with E-state index in [-0.39, 0.29) is 24.7 Å². The van der Waals surface area contributed by atoms with Gasteiger partial charge in [0.1, 0.15) is 13.2 Å². The molecule has 116 valence electrons. The van der Waals surface area contributed by atoms with Gasteiger partial charge in [-0.2, -0.15) is 0 Å². The monoisotopic (exact) mass is 294 g/mol. The number of amides is 2. The number of carbonyl (C=O) groups is 1. The third-order valence-electron chi connectivity index (χ3n) is 3.46. The second-order valence-corrected chi connectivity index (χ2v) is 5.03. The van der Waals surface area contributed by atoms with Gasteiger partial charge in [0.05, 0.1) is 18.7 Å². The Kier molecular flexibility index (Phi) is 5.27. The van der Waals surface area contributed by atoms with Crippen molar-refractivity contribution in [1.29, 1.82) is 0 Å². The topological polar surface area (TPSA) is 79.8 Å². The SMILES string of the molecule is CC[C@H](CO)NC(=O)N[C@H](C)c1ccc2c(c1)OCCO2. The van der Waals surface area contributed by atoms with Crippen LogP contribution >= 0.6 is 0 Å². The molecular weight excluding hydrogens is 272 g/mol. The van der Waals surface area contributed by atoms with Gasteiger partial charge in [0.25, 0.3) is 0 Å². The first-order valence-corrected chi connectivity index (χ1v) is 7.21. The normalized spacial score (nSPS) is 16.0. The van der Waals surface area contributed by atoms with Gasteiger partial charge < -0.3 is 25.2 Å². The van der Waals surface area contributed by atoms with Gasteiger partial charge in [0.15, 0.2) is 11.5 Å². The molecule has 0 bridgehead atoms. The van der Waals surface area contributed by atoms with Crippen molar-refractivity contribution in [3.05, 3.63) is 23.8 Å². The van der Waals surface area contributed by atoms with Crippen molar-refractivity contribution in [3.63, 3.8) is 0 Å². The van der Waals surface area contributed by atoms with Crippen LogP contribution < -0.4 is 20.1 Å². The van der Waals surface area contributed by atoms with E-state index in [1.165, 1.54) is 0 Å². The quantitative estimate of drug-likeness (QED) is 0.770. The number of hydrogen-bond acceptors (Lipinski definition) is 4. The van der Waals surface area contributed by atoms with Crippen LogP contribution in [0.1, 0.15) is 31.9 Å². The summed E-state index contributed by atoms with van der Waals surface area (Å²) in [5.41, 5.74) is 0.937. The Hall–Kier alpha value is -1.95. The highest BCUT2D eigenvalue weighted by Crippen LogP contribution is 2.32. The van der Waals surface area contributed by atoms with Crippen molar-refractivity contribution in [2.45, 2.75) is 32.4 Å². The number of aliphatic hydroxyl groups excluding tert-OH is 1. The van der Waals surface area contributed by atoms with Crippen LogP contribution in [0.15, 0.2) is 18.2 Å². The first-order valence-electron chi connectivity index (χ1n) is 7.21. The van der Waals surface area contributed by atoms with Crippen LogP contribution in [0.2, 0.25) is 0 Å². The molecule has 0 aliphatic carbocycles. The minimum Gasteiger partial charge on any atom is -0.486 e. The number of ether oxygens (including phenoxy) is 2. The highest BCUT2D eigenvalue weighted by atomic mass is 16.6. The van der Waals surface area contributed by atoms with Gasteiger partial charge in [-0.05, 0) is 31.0 Å². The fourth-order valence-electron chi connectivity index (χ4n) is 2.11. The number of aliphatic hydroxyl groups is 1. The molecule has 0 fully saturated rings. The summed E-state index contributed by atoms with van der Waals surface area (Å²) in [6, 6.07) is 4.94. The maximum atomic E-state index is 11.9. The van der Waals surface area contributed by atoms with Crippen LogP contribution in [0.25, 0.3) is 0 Å². The molecule has 1 aromatic rings. The number of fused-ring (bicyclic) bond motifs is 1. The first kappa shape index (κ1) is 15.4. The van der Waals surface area contributed by atoms with Crippen molar-refractivity contribution in [1.82, 2.24) is 10.6 Å². The van der Waals surface area contributed by atoms with E-state index in [9.17, 15) is 4.79 Å². The zero-order valence-electron chi connectivity index (χ0n) is 12.4. The van der Waals surface area contributed by atoms with Gasteiger partial charge in [-0.3, -0.25) is 0 Å². The summed E-state index contributed by atoms with van der Waals surface area (Å²) in [6.07, 6.45) is 0.683. The highest BCUT2D eigenvalue weighted by Gasteiger charge is 2.16. The maximum absolute atomic E-state index is 11.9. The van der Waals surface area contributed by atoms with E-state index in [0.29, 0.717) is 25.4 Å². The second kappa shape index (κ2) is 7.17. The van der Waals surface area contributed by atoms with E-state index in [1.54, 1.807) is 0 Å². The Morgan fingerprint density at radius 1 is 1.29 bits per heavy atom. The van der Waals surface area contributed by atoms with Crippen molar-refractivity contribution >= 4 is 6.03 Å². The lowest BCUT2D eigenvalue weighted by Gasteiger charge is -2.22. The van der Waals surface area contributed by atoms with Crippen molar-refractivity contribution in [3.8, 4) is 11.5 Å². The second-order valence-electron chi connectivity index (χ2n) is 5.03. The Bertz CT molecular complexity index is 489. The summed E-state index contributed by atoms with van der Waals surface area (Å²) in [4.78, 5) is 11.9. The molecule has 3 N–H and O–H groups in total. The molecule has 6 heteroatoms. The molecule has 1 heterocycles. The summed E-state index contributed by atoms with van der Waals surface area (Å²) in [5.74, 6) is 1.43. The molecule has 6 nitrogen and oxygen atoms in total. The van der Waals surface area contributed by atoms with Crippen LogP contribution in [-0.2, 0) is 0 Å². The molecule has 1 aliphatic heterocycles. The smallest absolute Gasteiger partial charge is 0.315 e. The Balaban J connectivity index is 1.96. The third kappa shape index (κ3) is 4.01. The zero-order valence-corrected chi connectivity index (χ0v) is 12.4. The molecule has 0 radical (unpaired) electrons. The van der Waals surface area contributed by atoms with E-state index in [0.717, 1.165) is 11.3 Å². The molecule has 0 aromatic heterocycles. The molecule has 0 spiro atoms. The number of benzene rings is 1. The predicted octanol–water partition coefficient (Wildman–Crippen LogP) is 1.59. The van der Waals surface area contributed by atoms with Crippen molar-refractivity contribution in [2.24, 2.45) is 0 Å². The van der Waals surface area contributed by atoms with Gasteiger partial charge in [-0.15, -0.1) is 0 Å². The molecule has 0 saturated heterocycles. The van der Waals surface area contributed by atoms with Gasteiger partial charge >= 0.3 is 6.03 Å². The lowest BCUT2D eigenvalue weighted by Crippen LogP contribution is -2.44. The maximum Gasteiger partial charge on any atom is 0.315 e.